The van der Waals surface area contributed by atoms with Crippen molar-refractivity contribution in [2.45, 2.75) is 6.92 Å². The molecule has 2 rings (SSSR count). The minimum atomic E-state index is 0.876. The lowest BCUT2D eigenvalue weighted by atomic mass is 10.1. The van der Waals surface area contributed by atoms with E-state index in [0.29, 0.717) is 0 Å². The molecule has 0 saturated carbocycles. The summed E-state index contributed by atoms with van der Waals surface area (Å²) in [4.78, 5) is 2.35. The molecule has 94 valence electrons. The van der Waals surface area contributed by atoms with Gasteiger partial charge in [-0.05, 0) is 19.1 Å². The molecule has 4 heteroatoms. The van der Waals surface area contributed by atoms with E-state index >= 15 is 0 Å². The molecular formula is C13H20N2O2. The second-order valence-corrected chi connectivity index (χ2v) is 4.18. The number of hydrogen-bond donors (Lipinski definition) is 1. The normalized spacial score (nSPS) is 15.8. The third-order valence-corrected chi connectivity index (χ3v) is 3.22. The molecule has 1 saturated heterocycles. The van der Waals surface area contributed by atoms with Gasteiger partial charge in [0.2, 0.25) is 0 Å². The molecule has 1 N–H and O–H groups in total. The van der Waals surface area contributed by atoms with Crippen molar-refractivity contribution in [2.75, 3.05) is 45.3 Å². The molecule has 0 aromatic heterocycles. The molecule has 0 amide bonds. The van der Waals surface area contributed by atoms with E-state index in [-0.39, 0.29) is 0 Å². The van der Waals surface area contributed by atoms with Gasteiger partial charge in [0.25, 0.3) is 0 Å². The van der Waals surface area contributed by atoms with Gasteiger partial charge < -0.3 is 19.7 Å². The van der Waals surface area contributed by atoms with Crippen LogP contribution in [0.15, 0.2) is 12.1 Å². The number of anilines is 1. The van der Waals surface area contributed by atoms with E-state index in [1.54, 1.807) is 14.2 Å². The van der Waals surface area contributed by atoms with Crippen molar-refractivity contribution < 1.29 is 9.47 Å². The smallest absolute Gasteiger partial charge is 0.148 e. The molecule has 4 nitrogen and oxygen atoms in total. The molecule has 0 radical (unpaired) electrons. The average Bonchev–Trinajstić information content (AvgIpc) is 2.39. The molecule has 0 atom stereocenters. The fourth-order valence-electron chi connectivity index (χ4n) is 2.29. The summed E-state index contributed by atoms with van der Waals surface area (Å²) < 4.78 is 10.8. The highest BCUT2D eigenvalue weighted by molar-refractivity contribution is 5.65. The lowest BCUT2D eigenvalue weighted by molar-refractivity contribution is 0.388. The fraction of sp³-hybridized carbons (Fsp3) is 0.538. The van der Waals surface area contributed by atoms with Gasteiger partial charge in [-0.3, -0.25) is 0 Å². The van der Waals surface area contributed by atoms with Crippen LogP contribution in [0.4, 0.5) is 5.69 Å². The van der Waals surface area contributed by atoms with Crippen LogP contribution in [0.5, 0.6) is 11.5 Å². The minimum absolute atomic E-state index is 0.876. The SMILES string of the molecule is COc1ccc(N2CCNCC2)c(OC)c1C. The van der Waals surface area contributed by atoms with Crippen molar-refractivity contribution >= 4 is 5.69 Å². The van der Waals surface area contributed by atoms with Crippen molar-refractivity contribution in [3.63, 3.8) is 0 Å². The first-order valence-corrected chi connectivity index (χ1v) is 5.95. The van der Waals surface area contributed by atoms with Gasteiger partial charge in [-0.15, -0.1) is 0 Å². The number of methoxy groups -OCH3 is 2. The molecule has 1 fully saturated rings. The van der Waals surface area contributed by atoms with Gasteiger partial charge in [0, 0.05) is 31.7 Å². The Hall–Kier alpha value is -1.42. The van der Waals surface area contributed by atoms with Gasteiger partial charge in [0.05, 0.1) is 19.9 Å². The van der Waals surface area contributed by atoms with Crippen molar-refractivity contribution in [3.05, 3.63) is 17.7 Å². The molecule has 1 aromatic rings. The van der Waals surface area contributed by atoms with E-state index in [1.807, 2.05) is 13.0 Å². The predicted octanol–water partition coefficient (Wildman–Crippen LogP) is 1.42. The van der Waals surface area contributed by atoms with Crippen molar-refractivity contribution in [2.24, 2.45) is 0 Å². The molecule has 0 spiro atoms. The summed E-state index contributed by atoms with van der Waals surface area (Å²) in [6.45, 7) is 6.11. The number of ether oxygens (including phenoxy) is 2. The van der Waals surface area contributed by atoms with E-state index in [9.17, 15) is 0 Å². The quantitative estimate of drug-likeness (QED) is 0.860. The Morgan fingerprint density at radius 1 is 1.12 bits per heavy atom. The van der Waals surface area contributed by atoms with Crippen LogP contribution < -0.4 is 19.7 Å². The maximum absolute atomic E-state index is 5.53. The van der Waals surface area contributed by atoms with Gasteiger partial charge in [-0.25, -0.2) is 0 Å². The van der Waals surface area contributed by atoms with Gasteiger partial charge in [0.1, 0.15) is 11.5 Å². The average molecular weight is 236 g/mol. The van der Waals surface area contributed by atoms with E-state index in [4.69, 9.17) is 9.47 Å². The molecule has 0 aliphatic carbocycles. The third kappa shape index (κ3) is 2.31. The van der Waals surface area contributed by atoms with Crippen LogP contribution in [0.25, 0.3) is 0 Å². The van der Waals surface area contributed by atoms with E-state index in [0.717, 1.165) is 48.9 Å². The Balaban J connectivity index is 2.35. The summed E-state index contributed by atoms with van der Waals surface area (Å²) >= 11 is 0. The van der Waals surface area contributed by atoms with Crippen molar-refractivity contribution in [3.8, 4) is 11.5 Å². The lowest BCUT2D eigenvalue weighted by Crippen LogP contribution is -2.43. The third-order valence-electron chi connectivity index (χ3n) is 3.22. The topological polar surface area (TPSA) is 33.7 Å². The number of piperazine rings is 1. The highest BCUT2D eigenvalue weighted by atomic mass is 16.5. The molecule has 0 bridgehead atoms. The summed E-state index contributed by atoms with van der Waals surface area (Å²) in [6.07, 6.45) is 0. The molecule has 1 aliphatic heterocycles. The largest absolute Gasteiger partial charge is 0.496 e. The van der Waals surface area contributed by atoms with Gasteiger partial charge in [-0.2, -0.15) is 0 Å². The van der Waals surface area contributed by atoms with Gasteiger partial charge in [0.15, 0.2) is 0 Å². The number of nitrogens with one attached hydrogen (secondary N) is 1. The summed E-state index contributed by atoms with van der Waals surface area (Å²) in [5.41, 5.74) is 2.22. The second kappa shape index (κ2) is 5.27. The first-order valence-electron chi connectivity index (χ1n) is 5.95. The maximum Gasteiger partial charge on any atom is 0.148 e. The molecule has 17 heavy (non-hydrogen) atoms. The van der Waals surface area contributed by atoms with E-state index < -0.39 is 0 Å². The van der Waals surface area contributed by atoms with Crippen molar-refractivity contribution in [1.82, 2.24) is 5.32 Å². The Labute approximate surface area is 103 Å². The van der Waals surface area contributed by atoms with Crippen LogP contribution in [0.2, 0.25) is 0 Å². The van der Waals surface area contributed by atoms with E-state index in [1.165, 1.54) is 0 Å². The Morgan fingerprint density at radius 3 is 2.41 bits per heavy atom. The number of hydrogen-bond acceptors (Lipinski definition) is 4. The first kappa shape index (κ1) is 12.0. The van der Waals surface area contributed by atoms with Crippen LogP contribution in [0.3, 0.4) is 0 Å². The summed E-state index contributed by atoms with van der Waals surface area (Å²) in [7, 11) is 3.40. The van der Waals surface area contributed by atoms with Gasteiger partial charge in [-0.1, -0.05) is 0 Å². The van der Waals surface area contributed by atoms with Crippen LogP contribution in [0, 0.1) is 6.92 Å². The summed E-state index contributed by atoms with van der Waals surface area (Å²) in [5.74, 6) is 1.80. The molecule has 1 aromatic carbocycles. The molecule has 1 heterocycles. The van der Waals surface area contributed by atoms with Crippen LogP contribution in [-0.2, 0) is 0 Å². The van der Waals surface area contributed by atoms with Gasteiger partial charge >= 0.3 is 0 Å². The number of rotatable bonds is 3. The maximum atomic E-state index is 5.53. The predicted molar refractivity (Wildman–Crippen MR) is 69.4 cm³/mol. The zero-order valence-corrected chi connectivity index (χ0v) is 10.7. The molecular weight excluding hydrogens is 216 g/mol. The van der Waals surface area contributed by atoms with Crippen LogP contribution in [-0.4, -0.2) is 40.4 Å². The minimum Gasteiger partial charge on any atom is -0.496 e. The zero-order valence-electron chi connectivity index (χ0n) is 10.7. The Morgan fingerprint density at radius 2 is 1.82 bits per heavy atom. The fourth-order valence-corrected chi connectivity index (χ4v) is 2.29. The Kier molecular flexibility index (Phi) is 3.74. The lowest BCUT2D eigenvalue weighted by Gasteiger charge is -2.31. The molecule has 0 unspecified atom stereocenters. The Bertz CT molecular complexity index is 387. The van der Waals surface area contributed by atoms with Crippen LogP contribution >= 0.6 is 0 Å². The van der Waals surface area contributed by atoms with Crippen molar-refractivity contribution in [1.29, 1.82) is 0 Å². The number of nitrogens with zero attached hydrogens (tertiary/aromatic N) is 1. The highest BCUT2D eigenvalue weighted by Crippen LogP contribution is 2.37. The zero-order chi connectivity index (χ0) is 12.3. The molecule has 1 aliphatic rings. The monoisotopic (exact) mass is 236 g/mol. The second-order valence-electron chi connectivity index (χ2n) is 4.18. The summed E-state index contributed by atoms with van der Waals surface area (Å²) in [5, 5.41) is 3.35. The number of benzene rings is 1. The summed E-state index contributed by atoms with van der Waals surface area (Å²) in [6, 6.07) is 4.09. The van der Waals surface area contributed by atoms with Crippen LogP contribution in [0.1, 0.15) is 5.56 Å². The van der Waals surface area contributed by atoms with E-state index in [2.05, 4.69) is 16.3 Å². The standard InChI is InChI=1S/C13H20N2O2/c1-10-12(16-2)5-4-11(13(10)17-3)15-8-6-14-7-9-15/h4-5,14H,6-9H2,1-3H3. The first-order chi connectivity index (χ1) is 8.27. The highest BCUT2D eigenvalue weighted by Gasteiger charge is 2.18.